The third kappa shape index (κ3) is 3.69. The van der Waals surface area contributed by atoms with Crippen molar-refractivity contribution in [3.63, 3.8) is 0 Å². The van der Waals surface area contributed by atoms with Crippen LogP contribution in [0.15, 0.2) is 89.9 Å². The second-order valence-corrected chi connectivity index (χ2v) is 9.99. The molecule has 2 unspecified atom stereocenters. The number of nitrogens with zero attached hydrogens (tertiary/aromatic N) is 1. The van der Waals surface area contributed by atoms with Gasteiger partial charge in [-0.05, 0) is 47.5 Å². The SMILES string of the molecule is CC1(c2ccccc2)CC2(Cl)Oc3c(Cl)cccc3C=Nc3ccccc3-c3cc(F)cc1c3O2. The normalized spacial score (nSPS) is 22.2. The van der Waals surface area contributed by atoms with Gasteiger partial charge in [-0.25, -0.2) is 4.39 Å². The summed E-state index contributed by atoms with van der Waals surface area (Å²) in [5.74, 6) is 0.458. The fourth-order valence-corrected chi connectivity index (χ4v) is 5.62. The number of ether oxygens (including phenoxy) is 2. The molecule has 6 heteroatoms. The zero-order chi connectivity index (χ0) is 24.2. The molecule has 0 aromatic heterocycles. The minimum Gasteiger partial charge on any atom is -0.438 e. The summed E-state index contributed by atoms with van der Waals surface area (Å²) in [5.41, 5.74) is 3.52. The molecular weight excluding hydrogens is 484 g/mol. The number of para-hydroxylation sites is 2. The quantitative estimate of drug-likeness (QED) is 0.244. The average molecular weight is 504 g/mol. The molecule has 2 atom stereocenters. The van der Waals surface area contributed by atoms with E-state index in [1.165, 1.54) is 12.1 Å². The third-order valence-corrected chi connectivity index (χ3v) is 7.25. The molecule has 0 saturated heterocycles. The van der Waals surface area contributed by atoms with Crippen LogP contribution in [0.5, 0.6) is 11.5 Å². The van der Waals surface area contributed by atoms with Crippen molar-refractivity contribution in [1.82, 2.24) is 0 Å². The van der Waals surface area contributed by atoms with Gasteiger partial charge in [0.15, 0.2) is 5.75 Å². The number of hydrogen-bond donors (Lipinski definition) is 0. The van der Waals surface area contributed by atoms with Crippen LogP contribution in [0.4, 0.5) is 10.1 Å². The van der Waals surface area contributed by atoms with Crippen molar-refractivity contribution in [1.29, 1.82) is 0 Å². The summed E-state index contributed by atoms with van der Waals surface area (Å²) in [4.78, 5) is 4.71. The maximum absolute atomic E-state index is 15.2. The summed E-state index contributed by atoms with van der Waals surface area (Å²) >= 11 is 13.7. The highest BCUT2D eigenvalue weighted by molar-refractivity contribution is 6.32. The van der Waals surface area contributed by atoms with Crippen LogP contribution >= 0.6 is 23.2 Å². The largest absolute Gasteiger partial charge is 0.438 e. The van der Waals surface area contributed by atoms with Crippen LogP contribution in [0, 0.1) is 5.82 Å². The highest BCUT2D eigenvalue weighted by atomic mass is 35.5. The molecule has 0 fully saturated rings. The summed E-state index contributed by atoms with van der Waals surface area (Å²) in [6.45, 7) is 2.03. The van der Waals surface area contributed by atoms with Gasteiger partial charge in [0.1, 0.15) is 11.6 Å². The molecule has 2 heterocycles. The zero-order valence-corrected chi connectivity index (χ0v) is 20.3. The summed E-state index contributed by atoms with van der Waals surface area (Å²) in [5, 5.41) is -1.23. The van der Waals surface area contributed by atoms with Gasteiger partial charge in [0.25, 0.3) is 0 Å². The van der Waals surface area contributed by atoms with Crippen molar-refractivity contribution in [2.24, 2.45) is 4.99 Å². The number of alkyl halides is 1. The van der Waals surface area contributed by atoms with E-state index in [-0.39, 0.29) is 12.2 Å². The van der Waals surface area contributed by atoms with Crippen molar-refractivity contribution < 1.29 is 13.9 Å². The molecule has 3 nitrogen and oxygen atoms in total. The lowest BCUT2D eigenvalue weighted by molar-refractivity contribution is -0.0671. The number of rotatable bonds is 1. The topological polar surface area (TPSA) is 30.8 Å². The predicted octanol–water partition coefficient (Wildman–Crippen LogP) is 8.27. The standard InChI is InChI=1S/C29H20Cl2FNO2/c1-28(19-9-3-2-4-10-19)17-29(31)34-26-18(8-7-12-24(26)30)16-33-25-13-6-5-11-21(25)22-14-20(32)15-23(28)27(22)35-29/h2-16H,17H2,1H3. The van der Waals surface area contributed by atoms with E-state index in [0.29, 0.717) is 38.9 Å². The van der Waals surface area contributed by atoms with E-state index in [2.05, 4.69) is 0 Å². The van der Waals surface area contributed by atoms with E-state index in [1.54, 1.807) is 12.3 Å². The first kappa shape index (κ1) is 22.1. The molecule has 6 rings (SSSR count). The number of benzene rings is 4. The molecule has 2 aliphatic rings. The maximum Gasteiger partial charge on any atom is 0.333 e. The van der Waals surface area contributed by atoms with Crippen LogP contribution in [0.3, 0.4) is 0 Å². The van der Waals surface area contributed by atoms with Gasteiger partial charge in [0.2, 0.25) is 0 Å². The Balaban J connectivity index is 1.71. The summed E-state index contributed by atoms with van der Waals surface area (Å²) in [7, 11) is 0. The van der Waals surface area contributed by atoms with E-state index in [1.807, 2.05) is 73.7 Å². The number of fused-ring (bicyclic) bond motifs is 4. The molecule has 0 aliphatic carbocycles. The Morgan fingerprint density at radius 2 is 1.60 bits per heavy atom. The van der Waals surface area contributed by atoms with Crippen molar-refractivity contribution in [3.8, 4) is 22.6 Å². The van der Waals surface area contributed by atoms with Crippen molar-refractivity contribution in [2.45, 2.75) is 24.0 Å². The minimum atomic E-state index is -1.61. The van der Waals surface area contributed by atoms with Crippen LogP contribution < -0.4 is 9.47 Å². The van der Waals surface area contributed by atoms with Gasteiger partial charge in [-0.2, -0.15) is 0 Å². The Kier molecular flexibility index (Phi) is 5.13. The van der Waals surface area contributed by atoms with Crippen LogP contribution in [0.25, 0.3) is 11.1 Å². The van der Waals surface area contributed by atoms with E-state index >= 15 is 4.39 Å². The lowest BCUT2D eigenvalue weighted by Gasteiger charge is -2.44. The molecule has 2 bridgehead atoms. The second kappa shape index (κ2) is 8.11. The molecule has 0 amide bonds. The van der Waals surface area contributed by atoms with Gasteiger partial charge in [-0.3, -0.25) is 4.99 Å². The fourth-order valence-electron chi connectivity index (χ4n) is 4.98. The molecule has 35 heavy (non-hydrogen) atoms. The summed E-state index contributed by atoms with van der Waals surface area (Å²) in [6.07, 6.45) is 1.89. The highest BCUT2D eigenvalue weighted by Gasteiger charge is 2.51. The Bertz CT molecular complexity index is 1490. The van der Waals surface area contributed by atoms with Crippen LogP contribution in [0.2, 0.25) is 5.02 Å². The number of aliphatic imine (C=N–C) groups is 1. The van der Waals surface area contributed by atoms with Crippen molar-refractivity contribution in [3.05, 3.63) is 112 Å². The molecular formula is C29H20Cl2FNO2. The van der Waals surface area contributed by atoms with Crippen LogP contribution in [-0.4, -0.2) is 11.5 Å². The van der Waals surface area contributed by atoms with Gasteiger partial charge in [0, 0.05) is 33.9 Å². The van der Waals surface area contributed by atoms with E-state index in [4.69, 9.17) is 37.7 Å². The third-order valence-electron chi connectivity index (χ3n) is 6.67. The smallest absolute Gasteiger partial charge is 0.333 e. The Labute approximate surface area is 212 Å². The van der Waals surface area contributed by atoms with E-state index < -0.39 is 10.7 Å². The monoisotopic (exact) mass is 503 g/mol. The fraction of sp³-hybridized carbons (Fsp3) is 0.138. The Morgan fingerprint density at radius 1 is 0.857 bits per heavy atom. The predicted molar refractivity (Wildman–Crippen MR) is 138 cm³/mol. The van der Waals surface area contributed by atoms with Gasteiger partial charge in [-0.1, -0.05) is 73.1 Å². The first-order valence-electron chi connectivity index (χ1n) is 11.2. The van der Waals surface area contributed by atoms with Gasteiger partial charge in [-0.15, -0.1) is 0 Å². The summed E-state index contributed by atoms with van der Waals surface area (Å²) in [6, 6.07) is 25.8. The van der Waals surface area contributed by atoms with E-state index in [9.17, 15) is 0 Å². The summed E-state index contributed by atoms with van der Waals surface area (Å²) < 4.78 is 28.0. The molecule has 0 spiro atoms. The minimum absolute atomic E-state index is 0.213. The number of halogens is 3. The van der Waals surface area contributed by atoms with Crippen LogP contribution in [-0.2, 0) is 5.41 Å². The van der Waals surface area contributed by atoms with E-state index in [0.717, 1.165) is 11.1 Å². The molecule has 4 aromatic carbocycles. The van der Waals surface area contributed by atoms with Gasteiger partial charge >= 0.3 is 5.25 Å². The first-order chi connectivity index (χ1) is 16.9. The molecule has 174 valence electrons. The van der Waals surface area contributed by atoms with Crippen molar-refractivity contribution in [2.75, 3.05) is 0 Å². The second-order valence-electron chi connectivity index (χ2n) is 9.00. The van der Waals surface area contributed by atoms with Crippen LogP contribution in [0.1, 0.15) is 30.0 Å². The molecule has 0 N–H and O–H groups in total. The van der Waals surface area contributed by atoms with Gasteiger partial charge in [0.05, 0.1) is 17.1 Å². The molecule has 4 aromatic rings. The van der Waals surface area contributed by atoms with Gasteiger partial charge < -0.3 is 9.47 Å². The maximum atomic E-state index is 15.2. The van der Waals surface area contributed by atoms with Crippen molar-refractivity contribution >= 4 is 35.1 Å². The Morgan fingerprint density at radius 3 is 2.43 bits per heavy atom. The Hall–Kier alpha value is -3.34. The zero-order valence-electron chi connectivity index (χ0n) is 18.8. The first-order valence-corrected chi connectivity index (χ1v) is 12.0. The lowest BCUT2D eigenvalue weighted by Crippen LogP contribution is -2.48. The average Bonchev–Trinajstić information content (AvgIpc) is 2.87. The molecule has 0 radical (unpaired) electrons. The lowest BCUT2D eigenvalue weighted by atomic mass is 9.71. The molecule has 0 saturated carbocycles. The molecule has 2 aliphatic heterocycles. The highest BCUT2D eigenvalue weighted by Crippen LogP contribution is 2.55. The number of hydrogen-bond acceptors (Lipinski definition) is 3.